The molecular formula is C19H15N5O2. The number of anilines is 1. The summed E-state index contributed by atoms with van der Waals surface area (Å²) < 4.78 is 5.74. The lowest BCUT2D eigenvalue weighted by Crippen LogP contribution is -2.12. The molecule has 0 bridgehead atoms. The van der Waals surface area contributed by atoms with Gasteiger partial charge in [-0.3, -0.25) is 9.78 Å². The first-order chi connectivity index (χ1) is 12.8. The largest absolute Gasteiger partial charge is 0.489 e. The van der Waals surface area contributed by atoms with Gasteiger partial charge in [0, 0.05) is 29.2 Å². The Bertz CT molecular complexity index is 1050. The third kappa shape index (κ3) is 3.51. The number of amides is 1. The minimum absolute atomic E-state index is 0.223. The van der Waals surface area contributed by atoms with E-state index in [1.165, 1.54) is 0 Å². The molecule has 0 aliphatic carbocycles. The van der Waals surface area contributed by atoms with Gasteiger partial charge < -0.3 is 10.1 Å². The van der Waals surface area contributed by atoms with E-state index in [0.29, 0.717) is 29.1 Å². The van der Waals surface area contributed by atoms with Crippen LogP contribution in [-0.4, -0.2) is 26.3 Å². The van der Waals surface area contributed by atoms with Gasteiger partial charge in [-0.2, -0.15) is 15.4 Å². The van der Waals surface area contributed by atoms with Gasteiger partial charge in [0.15, 0.2) is 0 Å². The monoisotopic (exact) mass is 345 g/mol. The number of H-pyrrole nitrogens is 1. The highest BCUT2D eigenvalue weighted by Crippen LogP contribution is 2.18. The van der Waals surface area contributed by atoms with Gasteiger partial charge in [0.05, 0.1) is 0 Å². The van der Waals surface area contributed by atoms with Gasteiger partial charge in [0.25, 0.3) is 5.91 Å². The van der Waals surface area contributed by atoms with Gasteiger partial charge in [-0.05, 0) is 42.5 Å². The Kier molecular flexibility index (Phi) is 4.26. The fourth-order valence-corrected chi connectivity index (χ4v) is 2.50. The number of fused-ring (bicyclic) bond motifs is 1. The smallest absolute Gasteiger partial charge is 0.255 e. The van der Waals surface area contributed by atoms with Crippen LogP contribution in [0.1, 0.15) is 15.9 Å². The first kappa shape index (κ1) is 15.8. The minimum atomic E-state index is -0.223. The van der Waals surface area contributed by atoms with Crippen molar-refractivity contribution in [2.45, 2.75) is 6.61 Å². The van der Waals surface area contributed by atoms with E-state index in [-0.39, 0.29) is 5.91 Å². The second kappa shape index (κ2) is 7.02. The molecular weight excluding hydrogens is 330 g/mol. The van der Waals surface area contributed by atoms with Gasteiger partial charge in [0.2, 0.25) is 0 Å². The highest BCUT2D eigenvalue weighted by atomic mass is 16.5. The highest BCUT2D eigenvalue weighted by molar-refractivity contribution is 6.05. The fourth-order valence-electron chi connectivity index (χ4n) is 2.50. The number of nitrogens with one attached hydrogen (secondary N) is 2. The Labute approximate surface area is 149 Å². The highest BCUT2D eigenvalue weighted by Gasteiger charge is 2.09. The second-order valence-electron chi connectivity index (χ2n) is 5.66. The summed E-state index contributed by atoms with van der Waals surface area (Å²) >= 11 is 0. The lowest BCUT2D eigenvalue weighted by atomic mass is 10.2. The number of carbonyl (C=O) groups is 1. The van der Waals surface area contributed by atoms with Crippen molar-refractivity contribution in [3.05, 3.63) is 78.1 Å². The fraction of sp³-hybridized carbons (Fsp3) is 0.0526. The predicted octanol–water partition coefficient (Wildman–Crippen LogP) is 3.18. The molecule has 0 saturated heterocycles. The third-order valence-corrected chi connectivity index (χ3v) is 3.80. The summed E-state index contributed by atoms with van der Waals surface area (Å²) in [5.41, 5.74) is 3.56. The number of rotatable bonds is 5. The van der Waals surface area contributed by atoms with Crippen LogP contribution < -0.4 is 10.1 Å². The maximum absolute atomic E-state index is 12.5. The quantitative estimate of drug-likeness (QED) is 0.579. The number of benzene rings is 2. The van der Waals surface area contributed by atoms with Gasteiger partial charge in [-0.1, -0.05) is 12.1 Å². The molecule has 128 valence electrons. The summed E-state index contributed by atoms with van der Waals surface area (Å²) in [4.78, 5) is 16.5. The minimum Gasteiger partial charge on any atom is -0.489 e. The number of nitrogens with zero attached hydrogens (tertiary/aromatic N) is 3. The maximum Gasteiger partial charge on any atom is 0.255 e. The van der Waals surface area contributed by atoms with Gasteiger partial charge >= 0.3 is 0 Å². The molecule has 0 saturated carbocycles. The van der Waals surface area contributed by atoms with Gasteiger partial charge in [-0.25, -0.2) is 0 Å². The normalized spacial score (nSPS) is 10.6. The lowest BCUT2D eigenvalue weighted by Gasteiger charge is -2.09. The van der Waals surface area contributed by atoms with Crippen LogP contribution in [0.5, 0.6) is 5.75 Å². The molecule has 2 heterocycles. The zero-order valence-corrected chi connectivity index (χ0v) is 13.7. The number of aromatic nitrogens is 4. The molecule has 0 radical (unpaired) electrons. The lowest BCUT2D eigenvalue weighted by molar-refractivity contribution is 0.102. The summed E-state index contributed by atoms with van der Waals surface area (Å²) in [5, 5.41) is 13.4. The molecule has 2 aromatic carbocycles. The topological polar surface area (TPSA) is 92.8 Å². The molecule has 1 amide bonds. The molecule has 0 atom stereocenters. The molecule has 0 unspecified atom stereocenters. The van der Waals surface area contributed by atoms with E-state index in [9.17, 15) is 4.79 Å². The van der Waals surface area contributed by atoms with Gasteiger partial charge in [0.1, 0.15) is 23.4 Å². The molecule has 4 aromatic rings. The molecule has 0 fully saturated rings. The van der Waals surface area contributed by atoms with Crippen molar-refractivity contribution in [2.24, 2.45) is 0 Å². The van der Waals surface area contributed by atoms with E-state index >= 15 is 0 Å². The Morgan fingerprint density at radius 3 is 2.85 bits per heavy atom. The van der Waals surface area contributed by atoms with Crippen LogP contribution in [0.15, 0.2) is 67.0 Å². The first-order valence-corrected chi connectivity index (χ1v) is 8.01. The molecule has 4 rings (SSSR count). The van der Waals surface area contributed by atoms with E-state index < -0.39 is 0 Å². The van der Waals surface area contributed by atoms with Gasteiger partial charge in [-0.15, -0.1) is 0 Å². The van der Waals surface area contributed by atoms with E-state index in [4.69, 9.17) is 4.74 Å². The van der Waals surface area contributed by atoms with Crippen molar-refractivity contribution in [1.29, 1.82) is 0 Å². The third-order valence-electron chi connectivity index (χ3n) is 3.80. The molecule has 7 nitrogen and oxygen atoms in total. The molecule has 0 aliphatic heterocycles. The van der Waals surface area contributed by atoms with Crippen molar-refractivity contribution >= 4 is 22.6 Å². The van der Waals surface area contributed by atoms with Crippen LogP contribution in [0.25, 0.3) is 11.0 Å². The van der Waals surface area contributed by atoms with Crippen molar-refractivity contribution in [2.75, 3.05) is 5.32 Å². The summed E-state index contributed by atoms with van der Waals surface area (Å²) in [6, 6.07) is 16.2. The molecule has 26 heavy (non-hydrogen) atoms. The number of ether oxygens (including phenoxy) is 1. The number of aromatic amines is 1. The van der Waals surface area contributed by atoms with Crippen LogP contribution in [0.4, 0.5) is 5.69 Å². The zero-order valence-electron chi connectivity index (χ0n) is 13.7. The van der Waals surface area contributed by atoms with E-state index in [1.807, 2.05) is 18.2 Å². The summed E-state index contributed by atoms with van der Waals surface area (Å²) in [5.74, 6) is 0.396. The predicted molar refractivity (Wildman–Crippen MR) is 96.9 cm³/mol. The molecule has 0 spiro atoms. The molecule has 0 aliphatic rings. The number of hydrogen-bond donors (Lipinski definition) is 2. The van der Waals surface area contributed by atoms with Crippen molar-refractivity contribution in [3.63, 3.8) is 0 Å². The standard InChI is InChI=1S/C19H15N5O2/c25-19(21-15-6-7-17-18(10-15)23-24-22-17)14-4-1-5-16(9-14)26-12-13-3-2-8-20-11-13/h1-11H,12H2,(H,21,25)(H,22,23,24). The molecule has 7 heteroatoms. The average Bonchev–Trinajstić information content (AvgIpc) is 3.15. The van der Waals surface area contributed by atoms with E-state index in [0.717, 1.165) is 11.1 Å². The Balaban J connectivity index is 1.45. The molecule has 2 aromatic heterocycles. The van der Waals surface area contributed by atoms with E-state index in [1.54, 1.807) is 48.8 Å². The molecule has 2 N–H and O–H groups in total. The van der Waals surface area contributed by atoms with Crippen LogP contribution >= 0.6 is 0 Å². The Morgan fingerprint density at radius 2 is 1.96 bits per heavy atom. The second-order valence-corrected chi connectivity index (χ2v) is 5.66. The number of pyridine rings is 1. The SMILES string of the molecule is O=C(Nc1ccc2n[nH]nc2c1)c1cccc(OCc2cccnc2)c1. The Hall–Kier alpha value is -3.74. The zero-order chi connectivity index (χ0) is 17.8. The number of hydrogen-bond acceptors (Lipinski definition) is 5. The summed E-state index contributed by atoms with van der Waals surface area (Å²) in [6.45, 7) is 0.391. The van der Waals surface area contributed by atoms with Crippen molar-refractivity contribution < 1.29 is 9.53 Å². The maximum atomic E-state index is 12.5. The summed E-state index contributed by atoms with van der Waals surface area (Å²) in [7, 11) is 0. The summed E-state index contributed by atoms with van der Waals surface area (Å²) in [6.07, 6.45) is 3.46. The van der Waals surface area contributed by atoms with Crippen LogP contribution in [0, 0.1) is 0 Å². The average molecular weight is 345 g/mol. The Morgan fingerprint density at radius 1 is 1.04 bits per heavy atom. The van der Waals surface area contributed by atoms with E-state index in [2.05, 4.69) is 25.7 Å². The first-order valence-electron chi connectivity index (χ1n) is 8.01. The number of carbonyl (C=O) groups excluding carboxylic acids is 1. The van der Waals surface area contributed by atoms with Crippen LogP contribution in [0.3, 0.4) is 0 Å². The van der Waals surface area contributed by atoms with Crippen LogP contribution in [0.2, 0.25) is 0 Å². The van der Waals surface area contributed by atoms with Crippen molar-refractivity contribution in [1.82, 2.24) is 20.4 Å². The van der Waals surface area contributed by atoms with Crippen LogP contribution in [-0.2, 0) is 6.61 Å². The van der Waals surface area contributed by atoms with Crippen molar-refractivity contribution in [3.8, 4) is 5.75 Å².